The van der Waals surface area contributed by atoms with Gasteiger partial charge < -0.3 is 29.6 Å². The van der Waals surface area contributed by atoms with Crippen LogP contribution in [0.15, 0.2) is 60.8 Å². The first-order valence-corrected chi connectivity index (χ1v) is 11.5. The van der Waals surface area contributed by atoms with E-state index >= 15 is 0 Å². The molecule has 0 aliphatic heterocycles. The predicted octanol–water partition coefficient (Wildman–Crippen LogP) is 4.79. The molecule has 0 radical (unpaired) electrons. The average molecular weight is 522 g/mol. The second kappa shape index (κ2) is 13.6. The molecule has 2 atom stereocenters. The van der Waals surface area contributed by atoms with Crippen LogP contribution in [0.25, 0.3) is 0 Å². The molecular weight excluding hydrogens is 491 g/mol. The fraction of sp³-hybridized carbons (Fsp3) is 0.346. The van der Waals surface area contributed by atoms with E-state index in [1.54, 1.807) is 14.2 Å². The van der Waals surface area contributed by atoms with Crippen molar-refractivity contribution >= 4 is 11.7 Å². The van der Waals surface area contributed by atoms with Gasteiger partial charge in [0.25, 0.3) is 12.8 Å². The number of anilines is 1. The minimum Gasteiger partial charge on any atom is -0.497 e. The van der Waals surface area contributed by atoms with Gasteiger partial charge in [-0.05, 0) is 41.5 Å². The number of carbonyl (C=O) groups is 1. The summed E-state index contributed by atoms with van der Waals surface area (Å²) in [5.74, 6) is 0.184. The van der Waals surface area contributed by atoms with E-state index in [1.807, 2.05) is 53.4 Å². The summed E-state index contributed by atoms with van der Waals surface area (Å²) in [6.45, 7) is 0.788. The highest BCUT2D eigenvalue weighted by molar-refractivity contribution is 5.92. The summed E-state index contributed by atoms with van der Waals surface area (Å²) in [6, 6.07) is 16.2. The summed E-state index contributed by atoms with van der Waals surface area (Å²) >= 11 is 0. The third-order valence-electron chi connectivity index (χ3n) is 5.59. The zero-order valence-electron chi connectivity index (χ0n) is 20.5. The van der Waals surface area contributed by atoms with E-state index in [1.165, 1.54) is 12.3 Å². The van der Waals surface area contributed by atoms with Crippen LogP contribution < -0.4 is 14.8 Å². The van der Waals surface area contributed by atoms with Crippen molar-refractivity contribution in [1.82, 2.24) is 9.88 Å². The molecule has 3 rings (SSSR count). The quantitative estimate of drug-likeness (QED) is 0.265. The second-order valence-electron chi connectivity index (χ2n) is 8.26. The molecular formula is C26H30F3N3O5. The number of aromatic carboxylic acids is 1. The molecule has 3 aromatic rings. The van der Waals surface area contributed by atoms with Gasteiger partial charge in [-0.25, -0.2) is 18.0 Å². The van der Waals surface area contributed by atoms with Crippen LogP contribution in [-0.2, 0) is 17.8 Å². The first kappa shape index (κ1) is 27.9. The maximum Gasteiger partial charge on any atom is 0.354 e. The van der Waals surface area contributed by atoms with Gasteiger partial charge in [0.05, 0.1) is 26.0 Å². The fourth-order valence-electron chi connectivity index (χ4n) is 3.77. The smallest absolute Gasteiger partial charge is 0.354 e. The third kappa shape index (κ3) is 8.43. The Labute approximate surface area is 213 Å². The first-order valence-electron chi connectivity index (χ1n) is 11.5. The standard InChI is InChI=1S/C26H30F3N3O5/c1-35-19-7-3-17(4-8-19)14-32(15-18-5-9-20(36-2)10-6-18)16-21(37-25(29)24(27)28)13-31-22-11-12-30-23(22)26(33)34/h3-12,21,24-25,30-31H,13-16H2,1-2H3,(H,33,34). The summed E-state index contributed by atoms with van der Waals surface area (Å²) in [6.07, 6.45) is -5.71. The molecule has 200 valence electrons. The fourth-order valence-corrected chi connectivity index (χ4v) is 3.77. The molecule has 0 saturated heterocycles. The van der Waals surface area contributed by atoms with Crippen LogP contribution in [0.3, 0.4) is 0 Å². The summed E-state index contributed by atoms with van der Waals surface area (Å²) in [5.41, 5.74) is 1.99. The van der Waals surface area contributed by atoms with Crippen molar-refractivity contribution in [3.8, 4) is 11.5 Å². The number of carboxylic acids is 1. The number of carboxylic acid groups (broad SMARTS) is 1. The molecule has 0 aliphatic carbocycles. The largest absolute Gasteiger partial charge is 0.497 e. The topological polar surface area (TPSA) is 96.1 Å². The number of hydrogen-bond acceptors (Lipinski definition) is 6. The van der Waals surface area contributed by atoms with Crippen molar-refractivity contribution < 1.29 is 37.3 Å². The van der Waals surface area contributed by atoms with Crippen molar-refractivity contribution in [3.05, 3.63) is 77.6 Å². The highest BCUT2D eigenvalue weighted by Crippen LogP contribution is 2.20. The van der Waals surface area contributed by atoms with Gasteiger partial charge in [-0.1, -0.05) is 24.3 Å². The summed E-state index contributed by atoms with van der Waals surface area (Å²) in [5, 5.41) is 12.2. The number of H-pyrrole nitrogens is 1. The molecule has 2 unspecified atom stereocenters. The molecule has 2 aromatic carbocycles. The minimum absolute atomic E-state index is 0.0744. The zero-order valence-corrected chi connectivity index (χ0v) is 20.5. The van der Waals surface area contributed by atoms with Crippen molar-refractivity contribution in [2.45, 2.75) is 32.0 Å². The molecule has 0 amide bonds. The summed E-state index contributed by atoms with van der Waals surface area (Å²) in [7, 11) is 3.13. The Balaban J connectivity index is 1.81. The lowest BCUT2D eigenvalue weighted by Crippen LogP contribution is -2.40. The monoisotopic (exact) mass is 521 g/mol. The van der Waals surface area contributed by atoms with Gasteiger partial charge >= 0.3 is 5.97 Å². The van der Waals surface area contributed by atoms with E-state index in [4.69, 9.17) is 14.2 Å². The molecule has 1 aromatic heterocycles. The lowest BCUT2D eigenvalue weighted by Gasteiger charge is -2.29. The lowest BCUT2D eigenvalue weighted by atomic mass is 10.1. The molecule has 37 heavy (non-hydrogen) atoms. The van der Waals surface area contributed by atoms with Crippen molar-refractivity contribution in [2.24, 2.45) is 0 Å². The van der Waals surface area contributed by atoms with Gasteiger partial charge in [0.2, 0.25) is 0 Å². The van der Waals surface area contributed by atoms with E-state index < -0.39 is 24.9 Å². The van der Waals surface area contributed by atoms with Crippen LogP contribution in [0.2, 0.25) is 0 Å². The number of hydrogen-bond donors (Lipinski definition) is 3. The van der Waals surface area contributed by atoms with Gasteiger partial charge in [-0.15, -0.1) is 0 Å². The molecule has 8 nitrogen and oxygen atoms in total. The number of rotatable bonds is 15. The Bertz CT molecular complexity index is 1060. The third-order valence-corrected chi connectivity index (χ3v) is 5.59. The van der Waals surface area contributed by atoms with Gasteiger partial charge in [0.15, 0.2) is 0 Å². The van der Waals surface area contributed by atoms with Crippen LogP contribution in [0.5, 0.6) is 11.5 Å². The number of ether oxygens (including phenoxy) is 3. The molecule has 0 bridgehead atoms. The number of nitrogens with zero attached hydrogens (tertiary/aromatic N) is 1. The predicted molar refractivity (Wildman–Crippen MR) is 132 cm³/mol. The summed E-state index contributed by atoms with van der Waals surface area (Å²) < 4.78 is 55.5. The Hall–Kier alpha value is -3.70. The first-order chi connectivity index (χ1) is 17.8. The lowest BCUT2D eigenvalue weighted by molar-refractivity contribution is -0.158. The van der Waals surface area contributed by atoms with Crippen LogP contribution in [0.1, 0.15) is 21.6 Å². The second-order valence-corrected chi connectivity index (χ2v) is 8.26. The van der Waals surface area contributed by atoms with E-state index in [2.05, 4.69) is 10.3 Å². The molecule has 11 heteroatoms. The van der Waals surface area contributed by atoms with Crippen molar-refractivity contribution in [2.75, 3.05) is 32.6 Å². The number of benzene rings is 2. The van der Waals surface area contributed by atoms with Gasteiger partial charge in [-0.2, -0.15) is 0 Å². The van der Waals surface area contributed by atoms with Crippen LogP contribution in [-0.4, -0.2) is 67.2 Å². The van der Waals surface area contributed by atoms with Crippen LogP contribution >= 0.6 is 0 Å². The molecule has 0 saturated carbocycles. The Morgan fingerprint density at radius 3 is 1.95 bits per heavy atom. The van der Waals surface area contributed by atoms with E-state index in [-0.39, 0.29) is 24.5 Å². The summed E-state index contributed by atoms with van der Waals surface area (Å²) in [4.78, 5) is 15.9. The number of nitrogens with one attached hydrogen (secondary N) is 2. The van der Waals surface area contributed by atoms with Crippen molar-refractivity contribution in [3.63, 3.8) is 0 Å². The zero-order chi connectivity index (χ0) is 26.8. The SMILES string of the molecule is COc1ccc(CN(Cc2ccc(OC)cc2)CC(CNc2cc[nH]c2C(=O)O)OC(F)C(F)F)cc1. The van der Waals surface area contributed by atoms with Crippen molar-refractivity contribution in [1.29, 1.82) is 0 Å². The normalized spacial score (nSPS) is 12.9. The van der Waals surface area contributed by atoms with Gasteiger partial charge in [-0.3, -0.25) is 4.90 Å². The Kier molecular flexibility index (Phi) is 10.2. The Morgan fingerprint density at radius 2 is 1.49 bits per heavy atom. The number of alkyl halides is 3. The van der Waals surface area contributed by atoms with E-state index in [0.29, 0.717) is 24.6 Å². The molecule has 0 aliphatic rings. The van der Waals surface area contributed by atoms with Gasteiger partial charge in [0, 0.05) is 32.4 Å². The van der Waals surface area contributed by atoms with E-state index in [0.717, 1.165) is 11.1 Å². The van der Waals surface area contributed by atoms with E-state index in [9.17, 15) is 23.1 Å². The highest BCUT2D eigenvalue weighted by Gasteiger charge is 2.26. The number of aromatic nitrogens is 1. The number of methoxy groups -OCH3 is 2. The maximum absolute atomic E-state index is 14.0. The highest BCUT2D eigenvalue weighted by atomic mass is 19.3. The molecule has 0 spiro atoms. The Morgan fingerprint density at radius 1 is 0.946 bits per heavy atom. The molecule has 3 N–H and O–H groups in total. The average Bonchev–Trinajstić information content (AvgIpc) is 3.37. The maximum atomic E-state index is 14.0. The number of halogens is 3. The number of aromatic amines is 1. The molecule has 1 heterocycles. The van der Waals surface area contributed by atoms with Crippen LogP contribution in [0.4, 0.5) is 18.9 Å². The minimum atomic E-state index is -3.32. The molecule has 0 fully saturated rings. The van der Waals surface area contributed by atoms with Gasteiger partial charge in [0.1, 0.15) is 17.2 Å². The van der Waals surface area contributed by atoms with Crippen LogP contribution in [0, 0.1) is 0 Å².